The van der Waals surface area contributed by atoms with Gasteiger partial charge in [-0.05, 0) is 75.3 Å². The monoisotopic (exact) mass is 485 g/mol. The molecule has 2 aromatic carbocycles. The summed E-state index contributed by atoms with van der Waals surface area (Å²) in [4.78, 5) is 22.8. The molecule has 0 spiro atoms. The maximum absolute atomic E-state index is 12.5. The zero-order valence-corrected chi connectivity index (χ0v) is 20.8. The van der Waals surface area contributed by atoms with Crippen LogP contribution in [0.4, 0.5) is 5.69 Å². The Bertz CT molecular complexity index is 1290. The first-order valence-corrected chi connectivity index (χ1v) is 12.7. The van der Waals surface area contributed by atoms with Crippen LogP contribution in [0, 0.1) is 6.57 Å². The molecule has 8 nitrogen and oxygen atoms in total. The van der Waals surface area contributed by atoms with E-state index in [-0.39, 0.29) is 18.1 Å². The molecule has 3 aromatic rings. The Kier molecular flexibility index (Phi) is 7.01. The standard InChI is InChI=1S/C28H31N5O3/c1-18(2)35-25-13-12-19(16-24(25)29-3)28-31-27(32-36-28)22-10-6-9-21-20(22)8-7-11-23(21)30-17-26(34)33-14-4-5-15-33/h6,9-10,12-13,16,18,23,30H,4-5,7-8,11,14-15,17H2,1-2H3/t23-/m1/s1. The van der Waals surface area contributed by atoms with E-state index in [2.05, 4.69) is 26.4 Å². The lowest BCUT2D eigenvalue weighted by atomic mass is 9.84. The maximum Gasteiger partial charge on any atom is 0.256 e. The van der Waals surface area contributed by atoms with Gasteiger partial charge in [-0.2, -0.15) is 4.98 Å². The quantitative estimate of drug-likeness (QED) is 0.455. The predicted molar refractivity (Wildman–Crippen MR) is 137 cm³/mol. The molecule has 0 unspecified atom stereocenters. The van der Waals surface area contributed by atoms with Gasteiger partial charge in [0.05, 0.1) is 19.2 Å². The zero-order chi connectivity index (χ0) is 25.1. The van der Waals surface area contributed by atoms with Crippen LogP contribution in [0.15, 0.2) is 40.9 Å². The number of nitrogens with zero attached hydrogens (tertiary/aromatic N) is 4. The third-order valence-corrected chi connectivity index (χ3v) is 6.82. The molecule has 1 fully saturated rings. The summed E-state index contributed by atoms with van der Waals surface area (Å²) >= 11 is 0. The number of nitrogens with one attached hydrogen (secondary N) is 1. The highest BCUT2D eigenvalue weighted by molar-refractivity contribution is 5.78. The number of carbonyl (C=O) groups is 1. The van der Waals surface area contributed by atoms with Crippen molar-refractivity contribution in [1.82, 2.24) is 20.4 Å². The van der Waals surface area contributed by atoms with Gasteiger partial charge in [0.15, 0.2) is 0 Å². The van der Waals surface area contributed by atoms with Gasteiger partial charge >= 0.3 is 0 Å². The average molecular weight is 486 g/mol. The second-order valence-electron chi connectivity index (χ2n) is 9.67. The molecule has 5 rings (SSSR count). The number of fused-ring (bicyclic) bond motifs is 1. The van der Waals surface area contributed by atoms with Crippen molar-refractivity contribution in [2.75, 3.05) is 19.6 Å². The topological polar surface area (TPSA) is 84.9 Å². The molecular weight excluding hydrogens is 454 g/mol. The largest absolute Gasteiger partial charge is 0.502 e. The molecule has 0 radical (unpaired) electrons. The van der Waals surface area contributed by atoms with E-state index in [1.165, 1.54) is 11.1 Å². The van der Waals surface area contributed by atoms with Gasteiger partial charge in [0.25, 0.3) is 5.89 Å². The molecule has 2 aliphatic rings. The lowest BCUT2D eigenvalue weighted by Crippen LogP contribution is -2.38. The summed E-state index contributed by atoms with van der Waals surface area (Å²) < 4.78 is 11.3. The minimum Gasteiger partial charge on any atom is -0.502 e. The third kappa shape index (κ3) is 4.98. The Morgan fingerprint density at radius 3 is 2.86 bits per heavy atom. The minimum absolute atomic E-state index is 0.0210. The van der Waals surface area contributed by atoms with Crippen LogP contribution in [0.1, 0.15) is 56.7 Å². The van der Waals surface area contributed by atoms with Crippen LogP contribution in [-0.2, 0) is 11.2 Å². The van der Waals surface area contributed by atoms with Crippen molar-refractivity contribution in [1.29, 1.82) is 0 Å². The maximum atomic E-state index is 12.5. The number of hydrogen-bond acceptors (Lipinski definition) is 6. The molecule has 0 saturated carbocycles. The van der Waals surface area contributed by atoms with Crippen LogP contribution in [0.3, 0.4) is 0 Å². The Hall–Kier alpha value is -3.70. The Balaban J connectivity index is 1.37. The first kappa shape index (κ1) is 24.0. The van der Waals surface area contributed by atoms with E-state index in [1.54, 1.807) is 12.1 Å². The normalized spacial score (nSPS) is 17.2. The van der Waals surface area contributed by atoms with Gasteiger partial charge in [-0.15, -0.1) is 0 Å². The van der Waals surface area contributed by atoms with Crippen LogP contribution in [0.5, 0.6) is 5.75 Å². The van der Waals surface area contributed by atoms with Crippen molar-refractivity contribution < 1.29 is 14.1 Å². The van der Waals surface area contributed by atoms with E-state index in [0.717, 1.165) is 50.8 Å². The molecule has 1 N–H and O–H groups in total. The Labute approximate surface area is 211 Å². The molecule has 1 aliphatic carbocycles. The molecule has 186 valence electrons. The highest BCUT2D eigenvalue weighted by atomic mass is 16.5. The summed E-state index contributed by atoms with van der Waals surface area (Å²) in [5, 5.41) is 7.77. The van der Waals surface area contributed by atoms with Crippen molar-refractivity contribution in [3.8, 4) is 28.6 Å². The van der Waals surface area contributed by atoms with Gasteiger partial charge in [-0.3, -0.25) is 4.79 Å². The molecule has 2 heterocycles. The number of carbonyl (C=O) groups excluding carboxylic acids is 1. The Morgan fingerprint density at radius 2 is 2.08 bits per heavy atom. The second-order valence-corrected chi connectivity index (χ2v) is 9.67. The number of aromatic nitrogens is 2. The number of rotatable bonds is 7. The molecule has 1 atom stereocenters. The number of likely N-dealkylation sites (tertiary alicyclic amines) is 1. The van der Waals surface area contributed by atoms with E-state index in [9.17, 15) is 4.79 Å². The van der Waals surface area contributed by atoms with Crippen LogP contribution >= 0.6 is 0 Å². The van der Waals surface area contributed by atoms with Gasteiger partial charge in [0.2, 0.25) is 17.4 Å². The lowest BCUT2D eigenvalue weighted by molar-refractivity contribution is -0.129. The summed E-state index contributed by atoms with van der Waals surface area (Å²) in [5.74, 6) is 1.62. The first-order chi connectivity index (χ1) is 17.5. The Morgan fingerprint density at radius 1 is 1.25 bits per heavy atom. The van der Waals surface area contributed by atoms with E-state index in [1.807, 2.05) is 36.9 Å². The van der Waals surface area contributed by atoms with E-state index < -0.39 is 0 Å². The highest BCUT2D eigenvalue weighted by Crippen LogP contribution is 2.37. The smallest absolute Gasteiger partial charge is 0.256 e. The van der Waals surface area contributed by atoms with Crippen molar-refractivity contribution in [2.45, 2.75) is 58.1 Å². The van der Waals surface area contributed by atoms with Crippen LogP contribution in [0.2, 0.25) is 0 Å². The number of ether oxygens (including phenoxy) is 1. The fourth-order valence-electron chi connectivity index (χ4n) is 5.10. The molecular formula is C28H31N5O3. The second kappa shape index (κ2) is 10.5. The summed E-state index contributed by atoms with van der Waals surface area (Å²) in [6, 6.07) is 11.6. The number of hydrogen-bond donors (Lipinski definition) is 1. The zero-order valence-electron chi connectivity index (χ0n) is 20.8. The van der Waals surface area contributed by atoms with Gasteiger partial charge in [0.1, 0.15) is 5.75 Å². The fraction of sp³-hybridized carbons (Fsp3) is 0.429. The van der Waals surface area contributed by atoms with Gasteiger partial charge in [0, 0.05) is 30.3 Å². The van der Waals surface area contributed by atoms with Gasteiger partial charge in [-0.25, -0.2) is 4.85 Å². The molecule has 1 saturated heterocycles. The number of amides is 1. The summed E-state index contributed by atoms with van der Waals surface area (Å²) in [5.41, 5.74) is 4.44. The van der Waals surface area contributed by atoms with Crippen molar-refractivity contribution >= 4 is 11.6 Å². The van der Waals surface area contributed by atoms with Crippen molar-refractivity contribution in [2.24, 2.45) is 0 Å². The molecule has 8 heteroatoms. The minimum atomic E-state index is -0.0210. The average Bonchev–Trinajstić information content (AvgIpc) is 3.60. The van der Waals surface area contributed by atoms with Crippen molar-refractivity contribution in [3.05, 3.63) is 58.9 Å². The SMILES string of the molecule is [C-]#[N+]c1cc(-c2nc(-c3cccc4c3CCC[C@H]4NCC(=O)N3CCCC3)no2)ccc1OC(C)C. The highest BCUT2D eigenvalue weighted by Gasteiger charge is 2.26. The molecule has 1 aromatic heterocycles. The predicted octanol–water partition coefficient (Wildman–Crippen LogP) is 5.33. The fourth-order valence-corrected chi connectivity index (χ4v) is 5.10. The molecule has 36 heavy (non-hydrogen) atoms. The lowest BCUT2D eigenvalue weighted by Gasteiger charge is -2.28. The number of benzene rings is 2. The van der Waals surface area contributed by atoms with E-state index in [0.29, 0.717) is 35.3 Å². The van der Waals surface area contributed by atoms with Gasteiger partial charge < -0.3 is 19.5 Å². The first-order valence-electron chi connectivity index (χ1n) is 12.7. The van der Waals surface area contributed by atoms with Gasteiger partial charge in [-0.1, -0.05) is 23.4 Å². The van der Waals surface area contributed by atoms with E-state index >= 15 is 0 Å². The summed E-state index contributed by atoms with van der Waals surface area (Å²) in [6.07, 6.45) is 5.12. The van der Waals surface area contributed by atoms with Crippen LogP contribution in [0.25, 0.3) is 27.7 Å². The van der Waals surface area contributed by atoms with Crippen LogP contribution < -0.4 is 10.1 Å². The summed E-state index contributed by atoms with van der Waals surface area (Å²) in [7, 11) is 0. The van der Waals surface area contributed by atoms with E-state index in [4.69, 9.17) is 15.8 Å². The molecule has 1 amide bonds. The van der Waals surface area contributed by atoms with Crippen molar-refractivity contribution in [3.63, 3.8) is 0 Å². The van der Waals surface area contributed by atoms with Crippen LogP contribution in [-0.4, -0.2) is 46.7 Å². The summed E-state index contributed by atoms with van der Waals surface area (Å²) in [6.45, 7) is 13.5. The molecule has 1 aliphatic heterocycles. The third-order valence-electron chi connectivity index (χ3n) is 6.82. The molecule has 0 bridgehead atoms.